The largest absolute Gasteiger partial charge is 0.469 e. The second kappa shape index (κ2) is 33.3. The van der Waals surface area contributed by atoms with Gasteiger partial charge >= 0.3 is 19.8 Å². The van der Waals surface area contributed by atoms with Crippen molar-refractivity contribution in [1.29, 1.82) is 0 Å². The molecule has 0 amide bonds. The average Bonchev–Trinajstić information content (AvgIpc) is 3.08. The first-order valence-corrected chi connectivity index (χ1v) is 20.4. The van der Waals surface area contributed by atoms with E-state index in [1.165, 1.54) is 38.5 Å². The Kier molecular flexibility index (Phi) is 31.6. The van der Waals surface area contributed by atoms with Gasteiger partial charge < -0.3 is 29.5 Å². The zero-order chi connectivity index (χ0) is 38.0. The van der Waals surface area contributed by atoms with E-state index in [2.05, 4.69) is 18.4 Å². The summed E-state index contributed by atoms with van der Waals surface area (Å²) >= 11 is 0. The van der Waals surface area contributed by atoms with Gasteiger partial charge in [0, 0.05) is 12.8 Å². The molecule has 292 valence electrons. The second-order valence-electron chi connectivity index (χ2n) is 12.8. The number of esters is 2. The van der Waals surface area contributed by atoms with Crippen molar-refractivity contribution < 1.29 is 48.2 Å². The maximum Gasteiger partial charge on any atom is 0.469 e. The molecule has 0 fully saturated rings. The molecule has 0 aliphatic rings. The van der Waals surface area contributed by atoms with Crippen LogP contribution in [0.1, 0.15) is 130 Å². The number of rotatable bonds is 32. The highest BCUT2D eigenvalue weighted by molar-refractivity contribution is 7.46. The first kappa shape index (κ1) is 48.4. The number of ether oxygens (including phenoxy) is 2. The third-order valence-corrected chi connectivity index (χ3v) is 8.45. The van der Waals surface area contributed by atoms with Gasteiger partial charge in [-0.25, -0.2) is 4.57 Å². The van der Waals surface area contributed by atoms with E-state index < -0.39 is 44.7 Å². The van der Waals surface area contributed by atoms with Crippen molar-refractivity contribution in [1.82, 2.24) is 0 Å². The highest BCUT2D eigenvalue weighted by Crippen LogP contribution is 2.36. The van der Waals surface area contributed by atoms with E-state index in [1.54, 1.807) is 36.5 Å². The molecule has 0 saturated carbocycles. The van der Waals surface area contributed by atoms with Gasteiger partial charge in [0.25, 0.3) is 0 Å². The highest BCUT2D eigenvalue weighted by Gasteiger charge is 2.22. The fraction of sp³-hybridized carbons (Fsp3) is 0.650. The van der Waals surface area contributed by atoms with Crippen LogP contribution in [0.3, 0.4) is 0 Å². The average molecular weight is 739 g/mol. The van der Waals surface area contributed by atoms with E-state index in [1.807, 2.05) is 43.4 Å². The topological polar surface area (TPSA) is 160 Å². The summed E-state index contributed by atoms with van der Waals surface area (Å²) in [5.74, 6) is -0.251. The quantitative estimate of drug-likeness (QED) is 0.0173. The van der Waals surface area contributed by atoms with Crippen molar-refractivity contribution in [3.05, 3.63) is 72.9 Å². The standard InChI is InChI=1S/C40H67O10P/c1-4-6-19-27-36(41)29-22-17-18-23-30-37(42)28-21-14-11-12-16-25-32-40(44)50-38(34-49-51(45,46)47)33-48-39(43)31-24-15-10-8-7-9-13-20-26-35(3)5-2/h6,12,14,16-19,21-23,29-30,35-38,41-42H,4-5,7-11,13,15,20,24-28,31-34H2,1-3H3,(H2,45,46,47)/b16-12-,18-17-,19-6-,21-14-,29-22+,30-23+/t35?,36-,37+,38+/m0/s1. The van der Waals surface area contributed by atoms with E-state index >= 15 is 0 Å². The third kappa shape index (κ3) is 35.6. The molecule has 10 nitrogen and oxygen atoms in total. The number of phosphoric acid groups is 1. The number of allylic oxidation sites excluding steroid dienone is 8. The molecule has 4 N–H and O–H groups in total. The molecule has 0 saturated heterocycles. The summed E-state index contributed by atoms with van der Waals surface area (Å²) in [7, 11) is -4.80. The Balaban J connectivity index is 4.28. The Hall–Kier alpha value is -2.59. The summed E-state index contributed by atoms with van der Waals surface area (Å²) in [6.07, 6.45) is 34.2. The molecule has 0 spiro atoms. The summed E-state index contributed by atoms with van der Waals surface area (Å²) in [5, 5.41) is 19.9. The summed E-state index contributed by atoms with van der Waals surface area (Å²) < 4.78 is 26.2. The lowest BCUT2D eigenvalue weighted by Crippen LogP contribution is -2.29. The zero-order valence-corrected chi connectivity index (χ0v) is 32.3. The number of carbonyl (C=O) groups is 2. The van der Waals surface area contributed by atoms with Crippen molar-refractivity contribution in [2.24, 2.45) is 5.92 Å². The van der Waals surface area contributed by atoms with E-state index in [0.717, 1.165) is 31.6 Å². The van der Waals surface area contributed by atoms with Crippen LogP contribution in [0.25, 0.3) is 0 Å². The molecule has 0 heterocycles. The molecular formula is C40H67O10P. The fourth-order valence-electron chi connectivity index (χ4n) is 4.72. The van der Waals surface area contributed by atoms with E-state index in [4.69, 9.17) is 19.3 Å². The van der Waals surface area contributed by atoms with Gasteiger partial charge in [0.2, 0.25) is 0 Å². The lowest BCUT2D eigenvalue weighted by atomic mass is 9.99. The van der Waals surface area contributed by atoms with Crippen LogP contribution in [0.15, 0.2) is 72.9 Å². The number of aliphatic hydroxyl groups excluding tert-OH is 2. The maximum atomic E-state index is 12.3. The molecule has 51 heavy (non-hydrogen) atoms. The molecule has 0 aromatic heterocycles. The van der Waals surface area contributed by atoms with Crippen LogP contribution in [0, 0.1) is 5.92 Å². The van der Waals surface area contributed by atoms with Gasteiger partial charge in [0.1, 0.15) is 6.61 Å². The number of carbonyl (C=O) groups excluding carboxylic acids is 2. The number of phosphoric ester groups is 1. The van der Waals surface area contributed by atoms with Crippen molar-refractivity contribution in [3.63, 3.8) is 0 Å². The number of hydrogen-bond acceptors (Lipinski definition) is 8. The van der Waals surface area contributed by atoms with E-state index in [0.29, 0.717) is 32.1 Å². The Labute approximate surface area is 307 Å². The van der Waals surface area contributed by atoms with Crippen LogP contribution >= 0.6 is 7.82 Å². The Bertz CT molecular complexity index is 1100. The van der Waals surface area contributed by atoms with Crippen LogP contribution in [-0.4, -0.2) is 63.5 Å². The molecule has 0 bridgehead atoms. The smallest absolute Gasteiger partial charge is 0.462 e. The molecule has 4 atom stereocenters. The van der Waals surface area contributed by atoms with Crippen molar-refractivity contribution >= 4 is 19.8 Å². The molecule has 0 aliphatic heterocycles. The minimum atomic E-state index is -4.80. The van der Waals surface area contributed by atoms with Gasteiger partial charge in [-0.2, -0.15) is 0 Å². The second-order valence-corrected chi connectivity index (χ2v) is 14.1. The minimum absolute atomic E-state index is 0.0273. The SMILES string of the molecule is CC/C=C\C[C@H](O)/C=C/C=C\C=C\[C@H](O)C/C=C\C/C=C\CCC(=O)O[C@H](COC(=O)CCCCCCCCCCC(C)CC)COP(=O)(O)O. The molecule has 0 rings (SSSR count). The molecule has 0 radical (unpaired) electrons. The zero-order valence-electron chi connectivity index (χ0n) is 31.4. The van der Waals surface area contributed by atoms with Gasteiger partial charge in [-0.3, -0.25) is 14.1 Å². The van der Waals surface area contributed by atoms with Crippen LogP contribution in [0.5, 0.6) is 0 Å². The van der Waals surface area contributed by atoms with E-state index in [-0.39, 0.29) is 19.4 Å². The third-order valence-electron chi connectivity index (χ3n) is 7.96. The van der Waals surface area contributed by atoms with Crippen LogP contribution < -0.4 is 0 Å². The van der Waals surface area contributed by atoms with Crippen molar-refractivity contribution in [3.8, 4) is 0 Å². The van der Waals surface area contributed by atoms with Crippen LogP contribution in [0.4, 0.5) is 0 Å². The van der Waals surface area contributed by atoms with Crippen LogP contribution in [-0.2, 0) is 28.2 Å². The first-order valence-electron chi connectivity index (χ1n) is 18.8. The van der Waals surface area contributed by atoms with Crippen molar-refractivity contribution in [2.45, 2.75) is 148 Å². The molecule has 0 aliphatic carbocycles. The fourth-order valence-corrected chi connectivity index (χ4v) is 5.08. The highest BCUT2D eigenvalue weighted by atomic mass is 31.2. The van der Waals surface area contributed by atoms with Gasteiger partial charge in [-0.05, 0) is 44.4 Å². The normalized spacial score (nSPS) is 15.2. The lowest BCUT2D eigenvalue weighted by molar-refractivity contribution is -0.161. The van der Waals surface area contributed by atoms with Crippen LogP contribution in [0.2, 0.25) is 0 Å². The summed E-state index contributed by atoms with van der Waals surface area (Å²) in [4.78, 5) is 42.7. The van der Waals surface area contributed by atoms with Gasteiger partial charge in [0.15, 0.2) is 6.10 Å². The molecule has 0 aromatic rings. The molecule has 1 unspecified atom stereocenters. The first-order chi connectivity index (χ1) is 24.5. The molecule has 11 heteroatoms. The van der Waals surface area contributed by atoms with E-state index in [9.17, 15) is 24.4 Å². The maximum absolute atomic E-state index is 12.3. The number of hydrogen-bond donors (Lipinski definition) is 4. The summed E-state index contributed by atoms with van der Waals surface area (Å²) in [6, 6.07) is 0. The number of aliphatic hydroxyl groups is 2. The number of unbranched alkanes of at least 4 members (excludes halogenated alkanes) is 7. The Morgan fingerprint density at radius 1 is 0.686 bits per heavy atom. The Morgan fingerprint density at radius 2 is 1.25 bits per heavy atom. The van der Waals surface area contributed by atoms with Gasteiger partial charge in [-0.1, -0.05) is 151 Å². The molecule has 0 aromatic carbocycles. The summed E-state index contributed by atoms with van der Waals surface area (Å²) in [6.45, 7) is 5.63. The van der Waals surface area contributed by atoms with Gasteiger partial charge in [-0.15, -0.1) is 0 Å². The predicted octanol–water partition coefficient (Wildman–Crippen LogP) is 8.92. The van der Waals surface area contributed by atoms with Gasteiger partial charge in [0.05, 0.1) is 18.8 Å². The summed E-state index contributed by atoms with van der Waals surface area (Å²) in [5.41, 5.74) is 0. The Morgan fingerprint density at radius 3 is 1.84 bits per heavy atom. The monoisotopic (exact) mass is 738 g/mol. The van der Waals surface area contributed by atoms with Crippen molar-refractivity contribution in [2.75, 3.05) is 13.2 Å². The molecular weight excluding hydrogens is 671 g/mol. The minimum Gasteiger partial charge on any atom is -0.462 e. The lowest BCUT2D eigenvalue weighted by Gasteiger charge is -2.18. The predicted molar refractivity (Wildman–Crippen MR) is 205 cm³/mol.